The number of aromatic nitrogens is 2. The van der Waals surface area contributed by atoms with Gasteiger partial charge in [0.05, 0.1) is 0 Å². The summed E-state index contributed by atoms with van der Waals surface area (Å²) in [5.41, 5.74) is 13.3. The van der Waals surface area contributed by atoms with Crippen LogP contribution < -0.4 is 16.2 Å². The van der Waals surface area contributed by atoms with Crippen LogP contribution in [-0.4, -0.2) is 9.97 Å². The van der Waals surface area contributed by atoms with Gasteiger partial charge in [-0.25, -0.2) is 0 Å². The van der Waals surface area contributed by atoms with Crippen LogP contribution in [0.4, 0.5) is 11.8 Å². The van der Waals surface area contributed by atoms with Crippen LogP contribution in [0.15, 0.2) is 24.3 Å². The van der Waals surface area contributed by atoms with E-state index in [0.29, 0.717) is 5.88 Å². The van der Waals surface area contributed by atoms with E-state index in [2.05, 4.69) is 9.97 Å². The summed E-state index contributed by atoms with van der Waals surface area (Å²) >= 11 is 0. The molecular weight excluding hydrogens is 216 g/mol. The van der Waals surface area contributed by atoms with Gasteiger partial charge in [0.1, 0.15) is 11.6 Å². The molecule has 0 aliphatic carbocycles. The van der Waals surface area contributed by atoms with E-state index < -0.39 is 0 Å². The van der Waals surface area contributed by atoms with E-state index in [9.17, 15) is 0 Å². The summed E-state index contributed by atoms with van der Waals surface area (Å²) in [5, 5.41) is 0. The summed E-state index contributed by atoms with van der Waals surface area (Å²) < 4.78 is 5.64. The summed E-state index contributed by atoms with van der Waals surface area (Å²) in [7, 11) is 0. The highest BCUT2D eigenvalue weighted by atomic mass is 16.5. The molecule has 17 heavy (non-hydrogen) atoms. The Labute approximate surface area is 99.5 Å². The molecule has 88 valence electrons. The fourth-order valence-electron chi connectivity index (χ4n) is 1.46. The second-order valence-electron chi connectivity index (χ2n) is 3.79. The molecule has 0 spiro atoms. The predicted molar refractivity (Wildman–Crippen MR) is 66.8 cm³/mol. The van der Waals surface area contributed by atoms with Crippen molar-refractivity contribution in [1.82, 2.24) is 9.97 Å². The van der Waals surface area contributed by atoms with Crippen LogP contribution in [-0.2, 0) is 0 Å². The van der Waals surface area contributed by atoms with Crippen molar-refractivity contribution in [2.45, 2.75) is 13.8 Å². The van der Waals surface area contributed by atoms with Crippen LogP contribution in [0.3, 0.4) is 0 Å². The Kier molecular flexibility index (Phi) is 2.82. The van der Waals surface area contributed by atoms with Gasteiger partial charge in [0.25, 0.3) is 0 Å². The van der Waals surface area contributed by atoms with Gasteiger partial charge in [0.15, 0.2) is 0 Å². The monoisotopic (exact) mass is 230 g/mol. The summed E-state index contributed by atoms with van der Waals surface area (Å²) in [4.78, 5) is 7.74. The molecule has 2 rings (SSSR count). The van der Waals surface area contributed by atoms with Crippen molar-refractivity contribution in [3.63, 3.8) is 0 Å². The molecule has 0 saturated heterocycles. The maximum atomic E-state index is 5.64. The minimum atomic E-state index is 0.102. The number of nitrogens with zero attached hydrogens (tertiary/aromatic N) is 2. The highest BCUT2D eigenvalue weighted by Crippen LogP contribution is 2.26. The predicted octanol–water partition coefficient (Wildman–Crippen LogP) is 2.05. The minimum Gasteiger partial charge on any atom is -0.438 e. The molecule has 0 fully saturated rings. The molecule has 0 atom stereocenters. The topological polar surface area (TPSA) is 87.0 Å². The molecule has 1 aromatic carbocycles. The van der Waals surface area contributed by atoms with E-state index in [1.165, 1.54) is 6.07 Å². The number of aryl methyl sites for hydroxylation is 1. The van der Waals surface area contributed by atoms with Gasteiger partial charge in [0.2, 0.25) is 11.8 Å². The molecule has 5 nitrogen and oxygen atoms in total. The number of anilines is 2. The van der Waals surface area contributed by atoms with Gasteiger partial charge >= 0.3 is 0 Å². The zero-order chi connectivity index (χ0) is 12.4. The van der Waals surface area contributed by atoms with Gasteiger partial charge in [-0.3, -0.25) is 0 Å². The number of nitrogens with two attached hydrogens (primary N) is 2. The van der Waals surface area contributed by atoms with E-state index >= 15 is 0 Å². The Balaban J connectivity index is 2.34. The van der Waals surface area contributed by atoms with Crippen LogP contribution in [0.1, 0.15) is 11.1 Å². The Bertz CT molecular complexity index is 534. The van der Waals surface area contributed by atoms with Crippen molar-refractivity contribution in [2.75, 3.05) is 11.5 Å². The van der Waals surface area contributed by atoms with Gasteiger partial charge in [-0.1, -0.05) is 12.1 Å². The van der Waals surface area contributed by atoms with Crippen LogP contribution in [0.2, 0.25) is 0 Å². The summed E-state index contributed by atoms with van der Waals surface area (Å²) in [6.45, 7) is 4.00. The quantitative estimate of drug-likeness (QED) is 0.824. The fraction of sp³-hybridized carbons (Fsp3) is 0.167. The first-order valence-corrected chi connectivity index (χ1v) is 5.20. The molecule has 1 heterocycles. The Morgan fingerprint density at radius 1 is 1.12 bits per heavy atom. The lowest BCUT2D eigenvalue weighted by Crippen LogP contribution is -2.01. The normalized spacial score (nSPS) is 10.2. The van der Waals surface area contributed by atoms with Gasteiger partial charge in [-0.05, 0) is 31.0 Å². The van der Waals surface area contributed by atoms with E-state index in [0.717, 1.165) is 16.9 Å². The molecule has 0 aliphatic rings. The third-order valence-electron chi connectivity index (χ3n) is 2.51. The summed E-state index contributed by atoms with van der Waals surface area (Å²) in [6, 6.07) is 7.35. The third-order valence-corrected chi connectivity index (χ3v) is 2.51. The number of ether oxygens (including phenoxy) is 1. The largest absolute Gasteiger partial charge is 0.438 e. The van der Waals surface area contributed by atoms with Crippen molar-refractivity contribution in [3.8, 4) is 11.6 Å². The lowest BCUT2D eigenvalue weighted by Gasteiger charge is -2.10. The highest BCUT2D eigenvalue weighted by Gasteiger charge is 2.06. The standard InChI is InChI=1S/C12H14N4O/c1-7-4-3-5-9(8(7)2)17-11-6-10(13)15-12(14)16-11/h3-6H,1-2H3,(H4,13,14,15,16). The van der Waals surface area contributed by atoms with Crippen LogP contribution >= 0.6 is 0 Å². The minimum absolute atomic E-state index is 0.102. The smallest absolute Gasteiger partial charge is 0.226 e. The molecule has 1 aromatic heterocycles. The van der Waals surface area contributed by atoms with Crippen molar-refractivity contribution >= 4 is 11.8 Å². The number of hydrogen-bond donors (Lipinski definition) is 2. The Hall–Kier alpha value is -2.30. The maximum Gasteiger partial charge on any atom is 0.226 e. The molecule has 0 amide bonds. The SMILES string of the molecule is Cc1cccc(Oc2cc(N)nc(N)n2)c1C. The average molecular weight is 230 g/mol. The molecule has 0 bridgehead atoms. The number of hydrogen-bond acceptors (Lipinski definition) is 5. The van der Waals surface area contributed by atoms with Crippen LogP contribution in [0.5, 0.6) is 11.6 Å². The fourth-order valence-corrected chi connectivity index (χ4v) is 1.46. The highest BCUT2D eigenvalue weighted by molar-refractivity contribution is 5.43. The first-order valence-electron chi connectivity index (χ1n) is 5.20. The number of benzene rings is 1. The van der Waals surface area contributed by atoms with Gasteiger partial charge in [-0.15, -0.1) is 0 Å². The Morgan fingerprint density at radius 2 is 1.88 bits per heavy atom. The van der Waals surface area contributed by atoms with Crippen molar-refractivity contribution in [2.24, 2.45) is 0 Å². The van der Waals surface area contributed by atoms with Gasteiger partial charge < -0.3 is 16.2 Å². The first-order chi connectivity index (χ1) is 8.06. The lowest BCUT2D eigenvalue weighted by molar-refractivity contribution is 0.459. The second kappa shape index (κ2) is 4.29. The van der Waals surface area contributed by atoms with E-state index in [1.807, 2.05) is 32.0 Å². The molecule has 0 radical (unpaired) electrons. The average Bonchev–Trinajstić information content (AvgIpc) is 2.23. The number of rotatable bonds is 2. The van der Waals surface area contributed by atoms with Crippen molar-refractivity contribution < 1.29 is 4.74 Å². The van der Waals surface area contributed by atoms with E-state index in [1.54, 1.807) is 0 Å². The van der Waals surface area contributed by atoms with Crippen LogP contribution in [0, 0.1) is 13.8 Å². The molecule has 0 unspecified atom stereocenters. The first kappa shape index (κ1) is 11.2. The van der Waals surface area contributed by atoms with Crippen molar-refractivity contribution in [3.05, 3.63) is 35.4 Å². The summed E-state index contributed by atoms with van der Waals surface area (Å²) in [6.07, 6.45) is 0. The molecule has 0 saturated carbocycles. The molecule has 0 aliphatic heterocycles. The zero-order valence-electron chi connectivity index (χ0n) is 9.77. The lowest BCUT2D eigenvalue weighted by atomic mass is 10.1. The Morgan fingerprint density at radius 3 is 2.59 bits per heavy atom. The maximum absolute atomic E-state index is 5.64. The summed E-state index contributed by atoms with van der Waals surface area (Å²) in [5.74, 6) is 1.48. The van der Waals surface area contributed by atoms with Crippen molar-refractivity contribution in [1.29, 1.82) is 0 Å². The van der Waals surface area contributed by atoms with Gasteiger partial charge in [-0.2, -0.15) is 9.97 Å². The molecule has 4 N–H and O–H groups in total. The third kappa shape index (κ3) is 2.44. The van der Waals surface area contributed by atoms with Crippen LogP contribution in [0.25, 0.3) is 0 Å². The van der Waals surface area contributed by atoms with E-state index in [-0.39, 0.29) is 11.8 Å². The number of nitrogen functional groups attached to an aromatic ring is 2. The van der Waals surface area contributed by atoms with Gasteiger partial charge in [0, 0.05) is 6.07 Å². The molecule has 2 aromatic rings. The zero-order valence-corrected chi connectivity index (χ0v) is 9.77. The molecule has 5 heteroatoms. The second-order valence-corrected chi connectivity index (χ2v) is 3.79. The van der Waals surface area contributed by atoms with E-state index in [4.69, 9.17) is 16.2 Å². The molecular formula is C12H14N4O.